The molecule has 0 spiro atoms. The SMILES string of the molecule is Cc1cc(N)n(CC(=O)N2CCC[C@@](C)(c3ccccc3)C2)n1. The van der Waals surface area contributed by atoms with E-state index in [2.05, 4.69) is 36.3 Å². The summed E-state index contributed by atoms with van der Waals surface area (Å²) < 4.78 is 1.59. The molecule has 0 unspecified atom stereocenters. The van der Waals surface area contributed by atoms with Gasteiger partial charge in [-0.15, -0.1) is 0 Å². The van der Waals surface area contributed by atoms with Crippen molar-refractivity contribution in [1.82, 2.24) is 14.7 Å². The fraction of sp³-hybridized carbons (Fsp3) is 0.444. The lowest BCUT2D eigenvalue weighted by Crippen LogP contribution is -2.48. The summed E-state index contributed by atoms with van der Waals surface area (Å²) in [5.41, 5.74) is 8.04. The van der Waals surface area contributed by atoms with Crippen LogP contribution in [0.3, 0.4) is 0 Å². The number of rotatable bonds is 3. The van der Waals surface area contributed by atoms with Crippen LogP contribution in [0.5, 0.6) is 0 Å². The number of hydrogen-bond donors (Lipinski definition) is 1. The van der Waals surface area contributed by atoms with Gasteiger partial charge in [0.15, 0.2) is 0 Å². The second-order valence-corrected chi connectivity index (χ2v) is 6.71. The summed E-state index contributed by atoms with van der Waals surface area (Å²) in [5, 5.41) is 4.28. The van der Waals surface area contributed by atoms with E-state index in [0.717, 1.165) is 31.6 Å². The second-order valence-electron chi connectivity index (χ2n) is 6.71. The number of carbonyl (C=O) groups excluding carboxylic acids is 1. The quantitative estimate of drug-likeness (QED) is 0.946. The topological polar surface area (TPSA) is 64.2 Å². The van der Waals surface area contributed by atoms with E-state index in [1.54, 1.807) is 10.7 Å². The maximum absolute atomic E-state index is 12.7. The van der Waals surface area contributed by atoms with E-state index in [9.17, 15) is 4.79 Å². The maximum atomic E-state index is 12.7. The number of nitrogens with zero attached hydrogens (tertiary/aromatic N) is 3. The fourth-order valence-corrected chi connectivity index (χ4v) is 3.45. The highest BCUT2D eigenvalue weighted by Crippen LogP contribution is 2.33. The first-order valence-electron chi connectivity index (χ1n) is 8.11. The number of anilines is 1. The number of aryl methyl sites for hydroxylation is 1. The molecule has 2 heterocycles. The van der Waals surface area contributed by atoms with Crippen molar-refractivity contribution in [2.45, 2.75) is 38.6 Å². The minimum atomic E-state index is 0.0146. The molecule has 1 aliphatic rings. The molecule has 23 heavy (non-hydrogen) atoms. The highest BCUT2D eigenvalue weighted by molar-refractivity contribution is 5.76. The first-order valence-corrected chi connectivity index (χ1v) is 8.11. The summed E-state index contributed by atoms with van der Waals surface area (Å²) in [7, 11) is 0. The number of amides is 1. The number of likely N-dealkylation sites (tertiary alicyclic amines) is 1. The third-order valence-corrected chi connectivity index (χ3v) is 4.74. The molecular weight excluding hydrogens is 288 g/mol. The lowest BCUT2D eigenvalue weighted by molar-refractivity contribution is -0.134. The van der Waals surface area contributed by atoms with Crippen LogP contribution in [-0.4, -0.2) is 33.7 Å². The zero-order valence-electron chi connectivity index (χ0n) is 13.8. The first kappa shape index (κ1) is 15.6. The van der Waals surface area contributed by atoms with Crippen molar-refractivity contribution in [3.05, 3.63) is 47.7 Å². The summed E-state index contributed by atoms with van der Waals surface area (Å²) in [4.78, 5) is 14.6. The van der Waals surface area contributed by atoms with Crippen molar-refractivity contribution in [2.75, 3.05) is 18.8 Å². The molecule has 5 nitrogen and oxygen atoms in total. The summed E-state index contributed by atoms with van der Waals surface area (Å²) in [5.74, 6) is 0.625. The Bertz CT molecular complexity index is 694. The van der Waals surface area contributed by atoms with Crippen LogP contribution in [0.15, 0.2) is 36.4 Å². The van der Waals surface area contributed by atoms with Gasteiger partial charge in [0.2, 0.25) is 5.91 Å². The van der Waals surface area contributed by atoms with Gasteiger partial charge in [0.05, 0.1) is 5.69 Å². The molecule has 3 rings (SSSR count). The molecule has 2 aromatic rings. The molecule has 1 amide bonds. The van der Waals surface area contributed by atoms with Crippen LogP contribution in [0.4, 0.5) is 5.82 Å². The van der Waals surface area contributed by atoms with Crippen LogP contribution in [0.1, 0.15) is 31.0 Å². The number of piperidine rings is 1. The molecule has 0 bridgehead atoms. The largest absolute Gasteiger partial charge is 0.384 e. The lowest BCUT2D eigenvalue weighted by Gasteiger charge is -2.41. The van der Waals surface area contributed by atoms with E-state index in [1.807, 2.05) is 17.9 Å². The number of carbonyl (C=O) groups is 1. The third-order valence-electron chi connectivity index (χ3n) is 4.74. The minimum Gasteiger partial charge on any atom is -0.384 e. The predicted octanol–water partition coefficient (Wildman–Crippen LogP) is 2.35. The molecule has 1 saturated heterocycles. The molecule has 1 atom stereocenters. The number of nitrogens with two attached hydrogens (primary N) is 1. The van der Waals surface area contributed by atoms with Gasteiger partial charge in [-0.2, -0.15) is 5.10 Å². The molecule has 5 heteroatoms. The number of nitrogen functional groups attached to an aromatic ring is 1. The summed E-state index contributed by atoms with van der Waals surface area (Å²) >= 11 is 0. The van der Waals surface area contributed by atoms with E-state index in [4.69, 9.17) is 5.73 Å². The van der Waals surface area contributed by atoms with Crippen LogP contribution in [0, 0.1) is 6.92 Å². The average Bonchev–Trinajstić information content (AvgIpc) is 2.86. The summed E-state index contributed by atoms with van der Waals surface area (Å²) in [6, 6.07) is 12.3. The Labute approximate surface area is 137 Å². The van der Waals surface area contributed by atoms with Crippen LogP contribution >= 0.6 is 0 Å². The summed E-state index contributed by atoms with van der Waals surface area (Å²) in [6.07, 6.45) is 2.12. The molecule has 1 aliphatic heterocycles. The van der Waals surface area contributed by atoms with Gasteiger partial charge >= 0.3 is 0 Å². The Morgan fingerprint density at radius 2 is 2.09 bits per heavy atom. The van der Waals surface area contributed by atoms with Crippen molar-refractivity contribution >= 4 is 11.7 Å². The van der Waals surface area contributed by atoms with Crippen LogP contribution in [-0.2, 0) is 16.8 Å². The molecule has 0 aliphatic carbocycles. The van der Waals surface area contributed by atoms with Gasteiger partial charge in [0.25, 0.3) is 0 Å². The maximum Gasteiger partial charge on any atom is 0.244 e. The lowest BCUT2D eigenvalue weighted by atomic mass is 9.76. The van der Waals surface area contributed by atoms with Crippen molar-refractivity contribution < 1.29 is 4.79 Å². The zero-order chi connectivity index (χ0) is 16.4. The molecule has 0 radical (unpaired) electrons. The molecule has 1 fully saturated rings. The zero-order valence-corrected chi connectivity index (χ0v) is 13.8. The Morgan fingerprint density at radius 1 is 1.35 bits per heavy atom. The molecule has 0 saturated carbocycles. The van der Waals surface area contributed by atoms with E-state index in [0.29, 0.717) is 5.82 Å². The van der Waals surface area contributed by atoms with Crippen molar-refractivity contribution in [3.63, 3.8) is 0 Å². The summed E-state index contributed by atoms with van der Waals surface area (Å²) in [6.45, 7) is 5.89. The van der Waals surface area contributed by atoms with Crippen molar-refractivity contribution in [1.29, 1.82) is 0 Å². The van der Waals surface area contributed by atoms with Crippen molar-refractivity contribution in [3.8, 4) is 0 Å². The van der Waals surface area contributed by atoms with Gasteiger partial charge < -0.3 is 10.6 Å². The Kier molecular flexibility index (Phi) is 4.11. The average molecular weight is 312 g/mol. The van der Waals surface area contributed by atoms with Gasteiger partial charge in [0.1, 0.15) is 12.4 Å². The highest BCUT2D eigenvalue weighted by Gasteiger charge is 2.34. The van der Waals surface area contributed by atoms with Gasteiger partial charge in [-0.3, -0.25) is 4.79 Å². The van der Waals surface area contributed by atoms with E-state index in [1.165, 1.54) is 5.56 Å². The third kappa shape index (κ3) is 3.23. The van der Waals surface area contributed by atoms with E-state index >= 15 is 0 Å². The first-order chi connectivity index (χ1) is 11.0. The molecule has 1 aromatic carbocycles. The fourth-order valence-electron chi connectivity index (χ4n) is 3.45. The predicted molar refractivity (Wildman–Crippen MR) is 91.0 cm³/mol. The number of benzene rings is 1. The monoisotopic (exact) mass is 312 g/mol. The number of hydrogen-bond acceptors (Lipinski definition) is 3. The molecule has 2 N–H and O–H groups in total. The molecule has 122 valence electrons. The van der Waals surface area contributed by atoms with Gasteiger partial charge in [-0.25, -0.2) is 4.68 Å². The molecule has 1 aromatic heterocycles. The Hall–Kier alpha value is -2.30. The van der Waals surface area contributed by atoms with Gasteiger partial charge in [0, 0.05) is 24.6 Å². The smallest absolute Gasteiger partial charge is 0.244 e. The standard InChI is InChI=1S/C18H24N4O/c1-14-11-16(19)22(20-14)12-17(23)21-10-6-9-18(2,13-21)15-7-4-3-5-8-15/h3-5,7-8,11H,6,9-10,12-13,19H2,1-2H3/t18-/m1/s1. The Morgan fingerprint density at radius 3 is 2.74 bits per heavy atom. The highest BCUT2D eigenvalue weighted by atomic mass is 16.2. The van der Waals surface area contributed by atoms with Crippen molar-refractivity contribution in [2.24, 2.45) is 0 Å². The minimum absolute atomic E-state index is 0.0146. The van der Waals surface area contributed by atoms with Gasteiger partial charge in [-0.05, 0) is 25.3 Å². The van der Waals surface area contributed by atoms with Crippen LogP contribution < -0.4 is 5.73 Å². The van der Waals surface area contributed by atoms with E-state index in [-0.39, 0.29) is 17.9 Å². The molecular formula is C18H24N4O. The Balaban J connectivity index is 1.73. The second kappa shape index (κ2) is 6.07. The van der Waals surface area contributed by atoms with Crippen LogP contribution in [0.2, 0.25) is 0 Å². The number of aromatic nitrogens is 2. The van der Waals surface area contributed by atoms with E-state index < -0.39 is 0 Å². The van der Waals surface area contributed by atoms with Crippen LogP contribution in [0.25, 0.3) is 0 Å². The normalized spacial score (nSPS) is 21.4. The van der Waals surface area contributed by atoms with Gasteiger partial charge in [-0.1, -0.05) is 37.3 Å².